The number of ether oxygens (including phenoxy) is 1. The predicted molar refractivity (Wildman–Crippen MR) is 97.6 cm³/mol. The summed E-state index contributed by atoms with van der Waals surface area (Å²) in [5.41, 5.74) is -1.41. The molecule has 2 atom stereocenters. The summed E-state index contributed by atoms with van der Waals surface area (Å²) in [5.74, 6) is 0.571. The Bertz CT molecular complexity index is 364. The molecule has 1 N–H and O–H groups in total. The van der Waals surface area contributed by atoms with E-state index in [9.17, 15) is 9.90 Å². The van der Waals surface area contributed by atoms with E-state index in [4.69, 9.17) is 4.74 Å². The minimum absolute atomic E-state index is 0.0205. The maximum Gasteiger partial charge on any atom is 0.167 e. The molecular weight excluding hydrogens is 288 g/mol. The first kappa shape index (κ1) is 22.6. The summed E-state index contributed by atoms with van der Waals surface area (Å²) in [6, 6.07) is 0. The lowest BCUT2D eigenvalue weighted by Gasteiger charge is -2.36. The van der Waals surface area contributed by atoms with Gasteiger partial charge in [-0.2, -0.15) is 0 Å². The Hall–Kier alpha value is -0.410. The van der Waals surface area contributed by atoms with Crippen LogP contribution in [0.3, 0.4) is 0 Å². The van der Waals surface area contributed by atoms with Crippen molar-refractivity contribution in [3.05, 3.63) is 0 Å². The van der Waals surface area contributed by atoms with Gasteiger partial charge in [-0.15, -0.1) is 0 Å². The van der Waals surface area contributed by atoms with Gasteiger partial charge in [-0.3, -0.25) is 4.79 Å². The van der Waals surface area contributed by atoms with E-state index in [0.717, 1.165) is 19.3 Å². The van der Waals surface area contributed by atoms with Crippen molar-refractivity contribution in [1.29, 1.82) is 0 Å². The standard InChI is InChI=1S/C20H40O3/c1-10-15(3)16(14-18(4,5)11-2)17(21)20(8,9)23-13-12-19(6,7)22/h15-16,22H,10-14H2,1-9H3. The highest BCUT2D eigenvalue weighted by molar-refractivity contribution is 5.89. The Labute approximate surface area is 144 Å². The molecule has 0 saturated heterocycles. The number of aliphatic hydroxyl groups is 1. The highest BCUT2D eigenvalue weighted by Crippen LogP contribution is 2.36. The molecule has 0 aromatic rings. The van der Waals surface area contributed by atoms with E-state index >= 15 is 0 Å². The molecule has 0 rings (SSSR count). The minimum Gasteiger partial charge on any atom is -0.390 e. The average Bonchev–Trinajstić information content (AvgIpc) is 2.41. The summed E-state index contributed by atoms with van der Waals surface area (Å²) in [5, 5.41) is 9.81. The Morgan fingerprint density at radius 3 is 2.00 bits per heavy atom. The van der Waals surface area contributed by atoms with E-state index in [1.807, 2.05) is 13.8 Å². The molecule has 0 spiro atoms. The van der Waals surface area contributed by atoms with Gasteiger partial charge in [0.05, 0.1) is 12.2 Å². The molecule has 0 radical (unpaired) electrons. The van der Waals surface area contributed by atoms with E-state index in [-0.39, 0.29) is 17.1 Å². The third kappa shape index (κ3) is 8.30. The number of carbonyl (C=O) groups is 1. The van der Waals surface area contributed by atoms with Crippen molar-refractivity contribution < 1.29 is 14.6 Å². The smallest absolute Gasteiger partial charge is 0.167 e. The number of hydrogen-bond donors (Lipinski definition) is 1. The molecule has 0 amide bonds. The first-order valence-electron chi connectivity index (χ1n) is 9.16. The molecule has 3 nitrogen and oxygen atoms in total. The molecule has 0 aromatic heterocycles. The lowest BCUT2D eigenvalue weighted by molar-refractivity contribution is -0.149. The quantitative estimate of drug-likeness (QED) is 0.580. The Balaban J connectivity index is 5.04. The van der Waals surface area contributed by atoms with E-state index in [1.165, 1.54) is 0 Å². The molecule has 138 valence electrons. The molecule has 0 bridgehead atoms. The van der Waals surface area contributed by atoms with Gasteiger partial charge in [0.25, 0.3) is 0 Å². The SMILES string of the molecule is CCC(C)C(CC(C)(C)CC)C(=O)C(C)(C)OCCC(C)(C)O. The second kappa shape index (κ2) is 8.62. The first-order valence-corrected chi connectivity index (χ1v) is 9.16. The van der Waals surface area contributed by atoms with Gasteiger partial charge in [-0.05, 0) is 51.9 Å². The summed E-state index contributed by atoms with van der Waals surface area (Å²) >= 11 is 0. The van der Waals surface area contributed by atoms with Gasteiger partial charge < -0.3 is 9.84 Å². The van der Waals surface area contributed by atoms with Gasteiger partial charge in [-0.1, -0.05) is 47.5 Å². The minimum atomic E-state index is -0.802. The van der Waals surface area contributed by atoms with Crippen LogP contribution in [0, 0.1) is 17.3 Å². The highest BCUT2D eigenvalue weighted by atomic mass is 16.5. The largest absolute Gasteiger partial charge is 0.390 e. The van der Waals surface area contributed by atoms with Crippen molar-refractivity contribution in [2.24, 2.45) is 17.3 Å². The fourth-order valence-electron chi connectivity index (χ4n) is 2.65. The number of carbonyl (C=O) groups excluding carboxylic acids is 1. The molecular formula is C20H40O3. The van der Waals surface area contributed by atoms with E-state index in [2.05, 4.69) is 34.6 Å². The zero-order chi connectivity index (χ0) is 18.5. The zero-order valence-electron chi connectivity index (χ0n) is 17.0. The second-order valence-corrected chi connectivity index (χ2v) is 9.00. The zero-order valence-corrected chi connectivity index (χ0v) is 17.0. The summed E-state index contributed by atoms with van der Waals surface area (Å²) in [6.45, 7) is 18.6. The van der Waals surface area contributed by atoms with Crippen LogP contribution >= 0.6 is 0 Å². The summed E-state index contributed by atoms with van der Waals surface area (Å²) in [7, 11) is 0. The van der Waals surface area contributed by atoms with E-state index < -0.39 is 11.2 Å². The molecule has 3 heteroatoms. The van der Waals surface area contributed by atoms with Crippen LogP contribution in [-0.4, -0.2) is 28.7 Å². The van der Waals surface area contributed by atoms with Gasteiger partial charge in [0.1, 0.15) is 5.60 Å². The van der Waals surface area contributed by atoms with Crippen molar-refractivity contribution in [3.63, 3.8) is 0 Å². The first-order chi connectivity index (χ1) is 10.3. The Kier molecular flexibility index (Phi) is 8.46. The predicted octanol–water partition coefficient (Wildman–Crippen LogP) is 5.00. The molecule has 0 aliphatic rings. The molecule has 23 heavy (non-hydrogen) atoms. The van der Waals surface area contributed by atoms with Crippen LogP contribution in [-0.2, 0) is 9.53 Å². The maximum absolute atomic E-state index is 13.1. The van der Waals surface area contributed by atoms with Gasteiger partial charge in [0.15, 0.2) is 5.78 Å². The molecule has 0 aliphatic heterocycles. The number of rotatable bonds is 11. The van der Waals surface area contributed by atoms with Crippen LogP contribution in [0.25, 0.3) is 0 Å². The Morgan fingerprint density at radius 2 is 1.61 bits per heavy atom. The van der Waals surface area contributed by atoms with Crippen LogP contribution in [0.15, 0.2) is 0 Å². The lowest BCUT2D eigenvalue weighted by Crippen LogP contribution is -2.44. The van der Waals surface area contributed by atoms with Crippen molar-refractivity contribution in [1.82, 2.24) is 0 Å². The van der Waals surface area contributed by atoms with Crippen LogP contribution in [0.2, 0.25) is 0 Å². The van der Waals surface area contributed by atoms with Crippen molar-refractivity contribution >= 4 is 5.78 Å². The van der Waals surface area contributed by atoms with Gasteiger partial charge >= 0.3 is 0 Å². The molecule has 2 unspecified atom stereocenters. The van der Waals surface area contributed by atoms with Crippen LogP contribution in [0.4, 0.5) is 0 Å². The monoisotopic (exact) mass is 328 g/mol. The van der Waals surface area contributed by atoms with Crippen LogP contribution in [0.5, 0.6) is 0 Å². The molecule has 0 heterocycles. The third-order valence-corrected chi connectivity index (χ3v) is 5.17. The highest BCUT2D eigenvalue weighted by Gasteiger charge is 2.39. The molecule has 0 saturated carbocycles. The van der Waals surface area contributed by atoms with Gasteiger partial charge in [-0.25, -0.2) is 0 Å². The molecule has 0 fully saturated rings. The normalized spacial score (nSPS) is 16.3. The van der Waals surface area contributed by atoms with Crippen molar-refractivity contribution in [2.45, 2.75) is 99.2 Å². The van der Waals surface area contributed by atoms with Gasteiger partial charge in [0, 0.05) is 5.92 Å². The molecule has 0 aliphatic carbocycles. The lowest BCUT2D eigenvalue weighted by atomic mass is 9.71. The van der Waals surface area contributed by atoms with Crippen molar-refractivity contribution in [2.75, 3.05) is 6.61 Å². The summed E-state index contributed by atoms with van der Waals surface area (Å²) < 4.78 is 5.88. The topological polar surface area (TPSA) is 46.5 Å². The van der Waals surface area contributed by atoms with Crippen LogP contribution in [0.1, 0.15) is 88.0 Å². The fraction of sp³-hybridized carbons (Fsp3) is 0.950. The van der Waals surface area contributed by atoms with Crippen LogP contribution < -0.4 is 0 Å². The van der Waals surface area contributed by atoms with Crippen molar-refractivity contribution in [3.8, 4) is 0 Å². The second-order valence-electron chi connectivity index (χ2n) is 9.00. The number of hydrogen-bond acceptors (Lipinski definition) is 3. The maximum atomic E-state index is 13.1. The van der Waals surface area contributed by atoms with Gasteiger partial charge in [0.2, 0.25) is 0 Å². The average molecular weight is 329 g/mol. The fourth-order valence-corrected chi connectivity index (χ4v) is 2.65. The Morgan fingerprint density at radius 1 is 1.09 bits per heavy atom. The number of Topliss-reactive ketones (excluding diaryl/α,β-unsaturated/α-hetero) is 1. The van der Waals surface area contributed by atoms with E-state index in [0.29, 0.717) is 18.9 Å². The van der Waals surface area contributed by atoms with E-state index in [1.54, 1.807) is 13.8 Å². The molecule has 0 aromatic carbocycles. The number of ketones is 1. The third-order valence-electron chi connectivity index (χ3n) is 5.17. The summed E-state index contributed by atoms with van der Waals surface area (Å²) in [6.07, 6.45) is 3.48. The summed E-state index contributed by atoms with van der Waals surface area (Å²) in [4.78, 5) is 13.1.